The van der Waals surface area contributed by atoms with Crippen molar-refractivity contribution in [3.8, 4) is 12.3 Å². The maximum Gasteiger partial charge on any atom is 0.0854 e. The fourth-order valence-corrected chi connectivity index (χ4v) is 3.38. The third-order valence-electron chi connectivity index (χ3n) is 4.54. The molecule has 0 aromatic heterocycles. The smallest absolute Gasteiger partial charge is 0.0854 e. The molecular formula is C21H21ClO3. The number of hydrogen-bond acceptors (Lipinski definition) is 3. The highest BCUT2D eigenvalue weighted by Crippen LogP contribution is 2.33. The van der Waals surface area contributed by atoms with Crippen LogP contribution in [0.25, 0.3) is 0 Å². The molecule has 4 heteroatoms. The number of ether oxygens (including phenoxy) is 1. The normalized spacial score (nSPS) is 23.2. The maximum atomic E-state index is 10.0. The minimum absolute atomic E-state index is 0.0878. The van der Waals surface area contributed by atoms with Crippen molar-refractivity contribution < 1.29 is 14.9 Å². The Morgan fingerprint density at radius 1 is 1.16 bits per heavy atom. The predicted molar refractivity (Wildman–Crippen MR) is 98.6 cm³/mol. The van der Waals surface area contributed by atoms with E-state index in [0.29, 0.717) is 24.3 Å². The molecule has 1 saturated heterocycles. The van der Waals surface area contributed by atoms with Gasteiger partial charge in [0.15, 0.2) is 0 Å². The van der Waals surface area contributed by atoms with Crippen molar-refractivity contribution >= 4 is 11.6 Å². The van der Waals surface area contributed by atoms with Crippen LogP contribution in [0.2, 0.25) is 5.02 Å². The Bertz CT molecular complexity index is 764. The Labute approximate surface area is 153 Å². The second-order valence-corrected chi connectivity index (χ2v) is 6.83. The second-order valence-electron chi connectivity index (χ2n) is 6.42. The van der Waals surface area contributed by atoms with Crippen LogP contribution in [0.3, 0.4) is 0 Å². The van der Waals surface area contributed by atoms with Gasteiger partial charge in [-0.2, -0.15) is 0 Å². The van der Waals surface area contributed by atoms with Crippen LogP contribution < -0.4 is 0 Å². The van der Waals surface area contributed by atoms with Crippen LogP contribution in [-0.4, -0.2) is 29.0 Å². The van der Waals surface area contributed by atoms with E-state index in [9.17, 15) is 10.2 Å². The molecule has 3 atom stereocenters. The fourth-order valence-electron chi connectivity index (χ4n) is 3.19. The molecular weight excluding hydrogens is 336 g/mol. The van der Waals surface area contributed by atoms with E-state index in [-0.39, 0.29) is 18.8 Å². The van der Waals surface area contributed by atoms with Gasteiger partial charge in [0.25, 0.3) is 0 Å². The summed E-state index contributed by atoms with van der Waals surface area (Å²) in [6, 6.07) is 13.6. The summed E-state index contributed by atoms with van der Waals surface area (Å²) in [5.41, 5.74) is 3.94. The van der Waals surface area contributed by atoms with Gasteiger partial charge >= 0.3 is 0 Å². The number of aliphatic hydroxyl groups excluding tert-OH is 2. The molecule has 1 aliphatic rings. The lowest BCUT2D eigenvalue weighted by Crippen LogP contribution is -2.33. The number of benzene rings is 2. The van der Waals surface area contributed by atoms with Crippen LogP contribution >= 0.6 is 11.6 Å². The molecule has 2 aromatic carbocycles. The van der Waals surface area contributed by atoms with Crippen LogP contribution in [0.15, 0.2) is 42.5 Å². The number of rotatable bonds is 4. The number of halogens is 1. The van der Waals surface area contributed by atoms with Gasteiger partial charge in [-0.15, -0.1) is 6.42 Å². The van der Waals surface area contributed by atoms with Gasteiger partial charge in [-0.1, -0.05) is 41.8 Å². The molecule has 25 heavy (non-hydrogen) atoms. The standard InChI is InChI=1S/C21H21ClO3/c1-2-14-3-5-15(6-4-14)9-17-10-16(7-8-20(17)22)21-12-18(24)11-19(13-23)25-21/h1,3-8,10,18-19,21,23-24H,9,11-13H2. The molecule has 3 nitrogen and oxygen atoms in total. The topological polar surface area (TPSA) is 49.7 Å². The lowest BCUT2D eigenvalue weighted by Gasteiger charge is -2.32. The van der Waals surface area contributed by atoms with Gasteiger partial charge in [0.05, 0.1) is 24.9 Å². The molecule has 3 unspecified atom stereocenters. The zero-order valence-electron chi connectivity index (χ0n) is 13.9. The summed E-state index contributed by atoms with van der Waals surface area (Å²) in [6.45, 7) is -0.0878. The van der Waals surface area contributed by atoms with Gasteiger partial charge in [-0.3, -0.25) is 0 Å². The molecule has 0 radical (unpaired) electrons. The largest absolute Gasteiger partial charge is 0.394 e. The van der Waals surface area contributed by atoms with Crippen LogP contribution in [-0.2, 0) is 11.2 Å². The quantitative estimate of drug-likeness (QED) is 0.824. The molecule has 0 saturated carbocycles. The number of aliphatic hydroxyl groups is 2. The third-order valence-corrected chi connectivity index (χ3v) is 4.91. The number of terminal acetylenes is 1. The zero-order chi connectivity index (χ0) is 17.8. The first kappa shape index (κ1) is 18.0. The summed E-state index contributed by atoms with van der Waals surface area (Å²) in [4.78, 5) is 0. The minimum Gasteiger partial charge on any atom is -0.394 e. The highest BCUT2D eigenvalue weighted by atomic mass is 35.5. The molecule has 1 fully saturated rings. The summed E-state index contributed by atoms with van der Waals surface area (Å²) in [6.07, 6.45) is 6.04. The van der Waals surface area contributed by atoms with E-state index in [1.807, 2.05) is 42.5 Å². The van der Waals surface area contributed by atoms with E-state index in [1.54, 1.807) is 0 Å². The monoisotopic (exact) mass is 356 g/mol. The molecule has 130 valence electrons. The van der Waals surface area contributed by atoms with Gasteiger partial charge in [0.2, 0.25) is 0 Å². The fraction of sp³-hybridized carbons (Fsp3) is 0.333. The number of hydrogen-bond donors (Lipinski definition) is 2. The van der Waals surface area contributed by atoms with E-state index >= 15 is 0 Å². The van der Waals surface area contributed by atoms with E-state index in [0.717, 1.165) is 22.3 Å². The SMILES string of the molecule is C#Cc1ccc(Cc2cc(C3CC(O)CC(CO)O3)ccc2Cl)cc1. The summed E-state index contributed by atoms with van der Waals surface area (Å²) in [5, 5.41) is 20.1. The van der Waals surface area contributed by atoms with Gasteiger partial charge in [-0.05, 0) is 41.3 Å². The summed E-state index contributed by atoms with van der Waals surface area (Å²) < 4.78 is 5.89. The van der Waals surface area contributed by atoms with Crippen molar-refractivity contribution in [2.75, 3.05) is 6.61 Å². The lowest BCUT2D eigenvalue weighted by atomic mass is 9.94. The highest BCUT2D eigenvalue weighted by molar-refractivity contribution is 6.31. The van der Waals surface area contributed by atoms with E-state index in [4.69, 9.17) is 22.8 Å². The molecule has 3 rings (SSSR count). The van der Waals surface area contributed by atoms with Crippen molar-refractivity contribution in [1.29, 1.82) is 0 Å². The Hall–Kier alpha value is -1.83. The molecule has 0 spiro atoms. The summed E-state index contributed by atoms with van der Waals surface area (Å²) >= 11 is 6.37. The molecule has 1 heterocycles. The van der Waals surface area contributed by atoms with Gasteiger partial charge in [-0.25, -0.2) is 0 Å². The second kappa shape index (κ2) is 8.03. The van der Waals surface area contributed by atoms with Crippen molar-refractivity contribution in [2.24, 2.45) is 0 Å². The van der Waals surface area contributed by atoms with Gasteiger partial charge in [0.1, 0.15) is 0 Å². The molecule has 0 bridgehead atoms. The summed E-state index contributed by atoms with van der Waals surface area (Å²) in [5.74, 6) is 2.61. The van der Waals surface area contributed by atoms with Crippen molar-refractivity contribution in [3.05, 3.63) is 69.7 Å². The van der Waals surface area contributed by atoms with E-state index < -0.39 is 6.10 Å². The molecule has 2 aromatic rings. The minimum atomic E-state index is -0.466. The Kier molecular flexibility index (Phi) is 5.78. The van der Waals surface area contributed by atoms with Crippen LogP contribution in [0, 0.1) is 12.3 Å². The van der Waals surface area contributed by atoms with Crippen molar-refractivity contribution in [2.45, 2.75) is 37.6 Å². The first-order chi connectivity index (χ1) is 12.1. The highest BCUT2D eigenvalue weighted by Gasteiger charge is 2.29. The average molecular weight is 357 g/mol. The average Bonchev–Trinajstić information content (AvgIpc) is 2.63. The first-order valence-corrected chi connectivity index (χ1v) is 8.75. The zero-order valence-corrected chi connectivity index (χ0v) is 14.6. The van der Waals surface area contributed by atoms with E-state index in [2.05, 4.69) is 5.92 Å². The van der Waals surface area contributed by atoms with Crippen LogP contribution in [0.1, 0.15) is 41.2 Å². The van der Waals surface area contributed by atoms with Crippen LogP contribution in [0.5, 0.6) is 0 Å². The maximum absolute atomic E-state index is 10.0. The lowest BCUT2D eigenvalue weighted by molar-refractivity contribution is -0.113. The van der Waals surface area contributed by atoms with Crippen molar-refractivity contribution in [3.63, 3.8) is 0 Å². The molecule has 0 aliphatic carbocycles. The van der Waals surface area contributed by atoms with Crippen molar-refractivity contribution in [1.82, 2.24) is 0 Å². The molecule has 1 aliphatic heterocycles. The van der Waals surface area contributed by atoms with Gasteiger partial charge in [0, 0.05) is 23.4 Å². The Morgan fingerprint density at radius 3 is 2.60 bits per heavy atom. The first-order valence-electron chi connectivity index (χ1n) is 8.37. The third kappa shape index (κ3) is 4.42. The molecule has 0 amide bonds. The summed E-state index contributed by atoms with van der Waals surface area (Å²) in [7, 11) is 0. The molecule has 2 N–H and O–H groups in total. The predicted octanol–water partition coefficient (Wildman–Crippen LogP) is 3.49. The van der Waals surface area contributed by atoms with Crippen LogP contribution in [0.4, 0.5) is 0 Å². The Morgan fingerprint density at radius 2 is 1.92 bits per heavy atom. The Balaban J connectivity index is 1.81. The van der Waals surface area contributed by atoms with E-state index in [1.165, 1.54) is 0 Å². The van der Waals surface area contributed by atoms with Gasteiger partial charge < -0.3 is 14.9 Å².